The SMILES string of the molecule is CCNC(=O)Nc1nc2cc(-c3ccc(CN4CCCCC4)nc3)cc(N3CCC=N3)c2[nH]1. The summed E-state index contributed by atoms with van der Waals surface area (Å²) in [5, 5.41) is 12.0. The zero-order chi connectivity index (χ0) is 22.6. The highest BCUT2D eigenvalue weighted by molar-refractivity contribution is 5.97. The quantitative estimate of drug-likeness (QED) is 0.532. The van der Waals surface area contributed by atoms with E-state index in [1.165, 1.54) is 19.3 Å². The number of rotatable bonds is 6. The number of nitrogens with one attached hydrogen (secondary N) is 3. The molecule has 0 atom stereocenters. The van der Waals surface area contributed by atoms with E-state index in [1.807, 2.05) is 30.4 Å². The number of anilines is 2. The molecule has 3 aromatic rings. The van der Waals surface area contributed by atoms with Crippen LogP contribution >= 0.6 is 0 Å². The molecule has 3 N–H and O–H groups in total. The first-order chi connectivity index (χ1) is 16.2. The summed E-state index contributed by atoms with van der Waals surface area (Å²) in [7, 11) is 0. The van der Waals surface area contributed by atoms with Gasteiger partial charge in [0.25, 0.3) is 0 Å². The highest BCUT2D eigenvalue weighted by atomic mass is 16.2. The molecule has 4 heterocycles. The lowest BCUT2D eigenvalue weighted by atomic mass is 10.0. The van der Waals surface area contributed by atoms with Gasteiger partial charge in [-0.25, -0.2) is 9.78 Å². The number of H-pyrrole nitrogens is 1. The summed E-state index contributed by atoms with van der Waals surface area (Å²) < 4.78 is 0. The molecule has 0 saturated carbocycles. The number of urea groups is 1. The van der Waals surface area contributed by atoms with E-state index in [9.17, 15) is 4.79 Å². The number of nitrogens with zero attached hydrogens (tertiary/aromatic N) is 5. The van der Waals surface area contributed by atoms with Gasteiger partial charge in [-0.2, -0.15) is 5.10 Å². The lowest BCUT2D eigenvalue weighted by Crippen LogP contribution is -2.29. The molecule has 2 aliphatic heterocycles. The van der Waals surface area contributed by atoms with Crippen molar-refractivity contribution in [2.24, 2.45) is 5.10 Å². The molecule has 0 aliphatic carbocycles. The van der Waals surface area contributed by atoms with Crippen LogP contribution < -0.4 is 15.6 Å². The Morgan fingerprint density at radius 3 is 2.73 bits per heavy atom. The molecule has 33 heavy (non-hydrogen) atoms. The second-order valence-electron chi connectivity index (χ2n) is 8.54. The number of pyridine rings is 1. The number of aromatic nitrogens is 3. The van der Waals surface area contributed by atoms with Crippen LogP contribution in [-0.2, 0) is 6.54 Å². The maximum atomic E-state index is 12.0. The highest BCUT2D eigenvalue weighted by Crippen LogP contribution is 2.34. The predicted molar refractivity (Wildman–Crippen MR) is 132 cm³/mol. The van der Waals surface area contributed by atoms with Gasteiger partial charge < -0.3 is 10.3 Å². The van der Waals surface area contributed by atoms with Gasteiger partial charge in [-0.05, 0) is 56.6 Å². The Balaban J connectivity index is 1.44. The van der Waals surface area contributed by atoms with E-state index >= 15 is 0 Å². The summed E-state index contributed by atoms with van der Waals surface area (Å²) in [5.74, 6) is 0.410. The Bertz CT molecular complexity index is 1150. The third kappa shape index (κ3) is 4.83. The number of aromatic amines is 1. The second kappa shape index (κ2) is 9.58. The molecule has 9 heteroatoms. The van der Waals surface area contributed by atoms with Crippen LogP contribution in [0.15, 0.2) is 35.6 Å². The van der Waals surface area contributed by atoms with Crippen LogP contribution in [0.1, 0.15) is 38.3 Å². The molecular formula is C24H30N8O. The van der Waals surface area contributed by atoms with Crippen LogP contribution in [0.4, 0.5) is 16.4 Å². The first-order valence-electron chi connectivity index (χ1n) is 11.8. The molecule has 5 rings (SSSR count). The summed E-state index contributed by atoms with van der Waals surface area (Å²) in [5.41, 5.74) is 5.70. The first-order valence-corrected chi connectivity index (χ1v) is 11.8. The van der Waals surface area contributed by atoms with Gasteiger partial charge in [-0.1, -0.05) is 12.5 Å². The van der Waals surface area contributed by atoms with Crippen molar-refractivity contribution < 1.29 is 4.79 Å². The molecule has 2 amide bonds. The van der Waals surface area contributed by atoms with Gasteiger partial charge in [-0.3, -0.25) is 20.2 Å². The molecule has 1 fully saturated rings. The number of benzene rings is 1. The van der Waals surface area contributed by atoms with E-state index in [0.717, 1.165) is 66.1 Å². The minimum Gasteiger partial charge on any atom is -0.338 e. The van der Waals surface area contributed by atoms with Crippen molar-refractivity contribution in [2.45, 2.75) is 39.2 Å². The number of amides is 2. The van der Waals surface area contributed by atoms with Crippen molar-refractivity contribution in [2.75, 3.05) is 36.5 Å². The lowest BCUT2D eigenvalue weighted by molar-refractivity contribution is 0.218. The smallest absolute Gasteiger partial charge is 0.321 e. The Hall–Kier alpha value is -3.46. The summed E-state index contributed by atoms with van der Waals surface area (Å²) in [6.07, 6.45) is 8.65. The molecule has 2 aromatic heterocycles. The topological polar surface area (TPSA) is 102 Å². The Kier molecular flexibility index (Phi) is 6.21. The van der Waals surface area contributed by atoms with Crippen molar-refractivity contribution in [3.8, 4) is 11.1 Å². The third-order valence-electron chi connectivity index (χ3n) is 6.10. The van der Waals surface area contributed by atoms with Crippen molar-refractivity contribution >= 4 is 34.9 Å². The summed E-state index contributed by atoms with van der Waals surface area (Å²) in [6, 6.07) is 8.10. The number of imidazole rings is 1. The fourth-order valence-electron chi connectivity index (χ4n) is 4.45. The van der Waals surface area contributed by atoms with Crippen LogP contribution in [0, 0.1) is 0 Å². The van der Waals surface area contributed by atoms with Crippen LogP contribution in [0.5, 0.6) is 0 Å². The molecule has 0 radical (unpaired) electrons. The predicted octanol–water partition coefficient (Wildman–Crippen LogP) is 3.95. The average Bonchev–Trinajstić information content (AvgIpc) is 3.49. The number of carbonyl (C=O) groups is 1. The molecule has 2 aliphatic rings. The normalized spacial score (nSPS) is 16.5. The number of fused-ring (bicyclic) bond motifs is 1. The number of likely N-dealkylation sites (tertiary alicyclic amines) is 1. The zero-order valence-electron chi connectivity index (χ0n) is 19.0. The second-order valence-corrected chi connectivity index (χ2v) is 8.54. The standard InChI is InChI=1S/C24H30N8O/c1-2-25-24(33)30-23-28-20-13-18(14-21(22(20)29-23)32-12-6-9-27-32)17-7-8-19(26-15-17)16-31-10-4-3-5-11-31/h7-9,13-15H,2-6,10-12,16H2,1H3,(H3,25,28,29,30,33). The molecule has 172 valence electrons. The Labute approximate surface area is 193 Å². The molecule has 9 nitrogen and oxygen atoms in total. The van der Waals surface area contributed by atoms with Crippen molar-refractivity contribution in [3.63, 3.8) is 0 Å². The largest absolute Gasteiger partial charge is 0.338 e. The number of piperidine rings is 1. The van der Waals surface area contributed by atoms with Gasteiger partial charge in [0.1, 0.15) is 0 Å². The van der Waals surface area contributed by atoms with Crippen molar-refractivity contribution in [3.05, 3.63) is 36.2 Å². The number of hydrogen-bond acceptors (Lipinski definition) is 6. The van der Waals surface area contributed by atoms with Crippen LogP contribution in [0.3, 0.4) is 0 Å². The molecular weight excluding hydrogens is 416 g/mol. The maximum Gasteiger partial charge on any atom is 0.321 e. The molecule has 0 unspecified atom stereocenters. The lowest BCUT2D eigenvalue weighted by Gasteiger charge is -2.25. The molecule has 1 aromatic carbocycles. The summed E-state index contributed by atoms with van der Waals surface area (Å²) in [4.78, 5) is 27.0. The van der Waals surface area contributed by atoms with E-state index < -0.39 is 0 Å². The third-order valence-corrected chi connectivity index (χ3v) is 6.10. The van der Waals surface area contributed by atoms with Crippen molar-refractivity contribution in [1.82, 2.24) is 25.2 Å². The van der Waals surface area contributed by atoms with Crippen LogP contribution in [-0.4, -0.2) is 58.3 Å². The van der Waals surface area contributed by atoms with E-state index in [1.54, 1.807) is 0 Å². The van der Waals surface area contributed by atoms with E-state index in [0.29, 0.717) is 12.5 Å². The van der Waals surface area contributed by atoms with Crippen LogP contribution in [0.2, 0.25) is 0 Å². The highest BCUT2D eigenvalue weighted by Gasteiger charge is 2.18. The summed E-state index contributed by atoms with van der Waals surface area (Å²) in [6.45, 7) is 6.45. The van der Waals surface area contributed by atoms with E-state index in [-0.39, 0.29) is 6.03 Å². The van der Waals surface area contributed by atoms with E-state index in [2.05, 4.69) is 48.8 Å². The number of hydrazone groups is 1. The van der Waals surface area contributed by atoms with Gasteiger partial charge in [0.15, 0.2) is 0 Å². The monoisotopic (exact) mass is 446 g/mol. The van der Waals surface area contributed by atoms with E-state index in [4.69, 9.17) is 4.98 Å². The molecule has 0 spiro atoms. The van der Waals surface area contributed by atoms with Crippen LogP contribution in [0.25, 0.3) is 22.2 Å². The fourth-order valence-corrected chi connectivity index (χ4v) is 4.45. The first kappa shape index (κ1) is 21.4. The maximum absolute atomic E-state index is 12.0. The zero-order valence-corrected chi connectivity index (χ0v) is 19.0. The van der Waals surface area contributed by atoms with Gasteiger partial charge in [0.05, 0.1) is 22.4 Å². The average molecular weight is 447 g/mol. The van der Waals surface area contributed by atoms with Gasteiger partial charge >= 0.3 is 6.03 Å². The molecule has 1 saturated heterocycles. The molecule has 0 bridgehead atoms. The Morgan fingerprint density at radius 1 is 1.12 bits per heavy atom. The van der Waals surface area contributed by atoms with Crippen molar-refractivity contribution in [1.29, 1.82) is 0 Å². The number of carbonyl (C=O) groups excluding carboxylic acids is 1. The minimum atomic E-state index is -0.286. The van der Waals surface area contributed by atoms with Gasteiger partial charge in [0, 0.05) is 44.0 Å². The Morgan fingerprint density at radius 2 is 2.00 bits per heavy atom. The van der Waals surface area contributed by atoms with Gasteiger partial charge in [0.2, 0.25) is 5.95 Å². The number of hydrogen-bond donors (Lipinski definition) is 3. The summed E-state index contributed by atoms with van der Waals surface area (Å²) >= 11 is 0. The minimum absolute atomic E-state index is 0.286. The fraction of sp³-hybridized carbons (Fsp3) is 0.417. The van der Waals surface area contributed by atoms with Gasteiger partial charge in [-0.15, -0.1) is 0 Å².